The van der Waals surface area contributed by atoms with Gasteiger partial charge >= 0.3 is 0 Å². The molecule has 0 spiro atoms. The number of nitrogens with zero attached hydrogens (tertiary/aromatic N) is 4. The van der Waals surface area contributed by atoms with Crippen LogP contribution in [0.25, 0.3) is 0 Å². The Morgan fingerprint density at radius 1 is 1.42 bits per heavy atom. The fourth-order valence-corrected chi connectivity index (χ4v) is 2.78. The third kappa shape index (κ3) is 3.61. The minimum atomic E-state index is 0.243. The van der Waals surface area contributed by atoms with Crippen molar-refractivity contribution in [3.8, 4) is 0 Å². The van der Waals surface area contributed by atoms with Gasteiger partial charge in [0.15, 0.2) is 0 Å². The molecule has 0 bridgehead atoms. The summed E-state index contributed by atoms with van der Waals surface area (Å²) in [6.45, 7) is 6.04. The Morgan fingerprint density at radius 2 is 2.16 bits per heavy atom. The highest BCUT2D eigenvalue weighted by molar-refractivity contribution is 7.80. The van der Waals surface area contributed by atoms with Crippen LogP contribution in [-0.2, 0) is 0 Å². The number of thiocarbonyl (C=S) groups is 1. The van der Waals surface area contributed by atoms with Crippen LogP contribution in [0, 0.1) is 0 Å². The molecule has 2 N–H and O–H groups in total. The van der Waals surface area contributed by atoms with Gasteiger partial charge in [-0.25, -0.2) is 9.97 Å². The lowest BCUT2D eigenvalue weighted by atomic mass is 10.1. The van der Waals surface area contributed by atoms with E-state index < -0.39 is 0 Å². The van der Waals surface area contributed by atoms with Crippen molar-refractivity contribution < 1.29 is 0 Å². The molecule has 0 aliphatic carbocycles. The Morgan fingerprint density at radius 3 is 2.68 bits per heavy atom. The lowest BCUT2D eigenvalue weighted by Gasteiger charge is -2.39. The normalized spacial score (nSPS) is 18.3. The zero-order chi connectivity index (χ0) is 13.7. The highest BCUT2D eigenvalue weighted by Crippen LogP contribution is 2.15. The summed E-state index contributed by atoms with van der Waals surface area (Å²) in [7, 11) is 0. The largest absolute Gasteiger partial charge is 0.392 e. The fraction of sp³-hybridized carbons (Fsp3) is 0.615. The maximum atomic E-state index is 5.85. The molecule has 2 heterocycles. The van der Waals surface area contributed by atoms with Gasteiger partial charge in [0.1, 0.15) is 12.1 Å². The van der Waals surface area contributed by atoms with Crippen LogP contribution in [0.15, 0.2) is 18.6 Å². The Balaban J connectivity index is 1.93. The van der Waals surface area contributed by atoms with Crippen LogP contribution in [-0.4, -0.2) is 52.1 Å². The SMILES string of the molecule is CCCC(C(N)=S)N1CCN(c2ccncn2)CC1. The first-order chi connectivity index (χ1) is 9.22. The second kappa shape index (κ2) is 6.77. The monoisotopic (exact) mass is 279 g/mol. The average molecular weight is 279 g/mol. The first kappa shape index (κ1) is 14.1. The van der Waals surface area contributed by atoms with Gasteiger partial charge in [-0.05, 0) is 12.5 Å². The van der Waals surface area contributed by atoms with E-state index >= 15 is 0 Å². The van der Waals surface area contributed by atoms with Gasteiger partial charge in [-0.15, -0.1) is 0 Å². The number of hydrogen-bond donors (Lipinski definition) is 1. The third-order valence-corrected chi connectivity index (χ3v) is 3.81. The second-order valence-corrected chi connectivity index (χ2v) is 5.27. The first-order valence-corrected chi connectivity index (χ1v) is 7.17. The smallest absolute Gasteiger partial charge is 0.131 e. The first-order valence-electron chi connectivity index (χ1n) is 6.76. The molecule has 1 aromatic rings. The van der Waals surface area contributed by atoms with Gasteiger partial charge < -0.3 is 10.6 Å². The van der Waals surface area contributed by atoms with Gasteiger partial charge in [-0.3, -0.25) is 4.90 Å². The quantitative estimate of drug-likeness (QED) is 0.813. The predicted molar refractivity (Wildman–Crippen MR) is 81.3 cm³/mol. The number of anilines is 1. The van der Waals surface area contributed by atoms with Crippen LogP contribution in [0.1, 0.15) is 19.8 Å². The van der Waals surface area contributed by atoms with Gasteiger partial charge in [-0.2, -0.15) is 0 Å². The molecule has 1 saturated heterocycles. The van der Waals surface area contributed by atoms with Crippen LogP contribution >= 0.6 is 12.2 Å². The van der Waals surface area contributed by atoms with E-state index in [1.54, 1.807) is 12.5 Å². The Kier molecular flexibility index (Phi) is 5.04. The number of piperazine rings is 1. The molecule has 6 heteroatoms. The molecule has 1 aliphatic rings. The molecule has 0 radical (unpaired) electrons. The van der Waals surface area contributed by atoms with Crippen molar-refractivity contribution in [1.29, 1.82) is 0 Å². The Bertz CT molecular complexity index is 403. The van der Waals surface area contributed by atoms with Crippen LogP contribution in [0.5, 0.6) is 0 Å². The summed E-state index contributed by atoms with van der Waals surface area (Å²) >= 11 is 5.19. The average Bonchev–Trinajstić information content (AvgIpc) is 2.46. The lowest BCUT2D eigenvalue weighted by molar-refractivity contribution is 0.219. The van der Waals surface area contributed by atoms with Crippen LogP contribution in [0.2, 0.25) is 0 Å². The van der Waals surface area contributed by atoms with Crippen molar-refractivity contribution in [2.45, 2.75) is 25.8 Å². The van der Waals surface area contributed by atoms with Crippen molar-refractivity contribution >= 4 is 23.0 Å². The summed E-state index contributed by atoms with van der Waals surface area (Å²) in [5.41, 5.74) is 5.85. The number of nitrogens with two attached hydrogens (primary N) is 1. The summed E-state index contributed by atoms with van der Waals surface area (Å²) in [6.07, 6.45) is 5.52. The molecule has 1 atom stereocenters. The van der Waals surface area contributed by atoms with E-state index in [1.165, 1.54) is 0 Å². The van der Waals surface area contributed by atoms with Crippen molar-refractivity contribution in [2.24, 2.45) is 5.73 Å². The zero-order valence-corrected chi connectivity index (χ0v) is 12.1. The third-order valence-electron chi connectivity index (χ3n) is 3.54. The lowest BCUT2D eigenvalue weighted by Crippen LogP contribution is -2.53. The minimum Gasteiger partial charge on any atom is -0.392 e. The van der Waals surface area contributed by atoms with E-state index in [0.29, 0.717) is 4.99 Å². The van der Waals surface area contributed by atoms with Crippen LogP contribution < -0.4 is 10.6 Å². The van der Waals surface area contributed by atoms with Crippen LogP contribution in [0.3, 0.4) is 0 Å². The number of rotatable bonds is 5. The van der Waals surface area contributed by atoms with E-state index in [2.05, 4.69) is 26.7 Å². The molecule has 1 unspecified atom stereocenters. The van der Waals surface area contributed by atoms with Crippen LogP contribution in [0.4, 0.5) is 5.82 Å². The second-order valence-electron chi connectivity index (χ2n) is 4.80. The standard InChI is InChI=1S/C13H21N5S/c1-2-3-11(13(14)19)17-6-8-18(9-7-17)12-4-5-15-10-16-12/h4-5,10-11H,2-3,6-9H2,1H3,(H2,14,19). The van der Waals surface area contributed by atoms with Gasteiger partial charge in [-0.1, -0.05) is 25.6 Å². The Hall–Kier alpha value is -1.27. The molecular weight excluding hydrogens is 258 g/mol. The maximum Gasteiger partial charge on any atom is 0.131 e. The molecule has 2 rings (SSSR count). The molecule has 104 valence electrons. The number of hydrogen-bond acceptors (Lipinski definition) is 5. The molecule has 0 saturated carbocycles. The van der Waals surface area contributed by atoms with Crippen molar-refractivity contribution in [3.05, 3.63) is 18.6 Å². The van der Waals surface area contributed by atoms with E-state index in [0.717, 1.165) is 44.8 Å². The molecule has 1 aliphatic heterocycles. The zero-order valence-electron chi connectivity index (χ0n) is 11.3. The van der Waals surface area contributed by atoms with Crippen molar-refractivity contribution in [1.82, 2.24) is 14.9 Å². The van der Waals surface area contributed by atoms with Gasteiger partial charge in [0.25, 0.3) is 0 Å². The Labute approximate surface area is 119 Å². The molecule has 0 aromatic carbocycles. The molecule has 19 heavy (non-hydrogen) atoms. The fourth-order valence-electron chi connectivity index (χ4n) is 2.51. The number of aromatic nitrogens is 2. The molecular formula is C13H21N5S. The molecule has 5 nitrogen and oxygen atoms in total. The van der Waals surface area contributed by atoms with E-state index in [-0.39, 0.29) is 6.04 Å². The highest BCUT2D eigenvalue weighted by Gasteiger charge is 2.25. The van der Waals surface area contributed by atoms with Gasteiger partial charge in [0, 0.05) is 32.4 Å². The topological polar surface area (TPSA) is 58.3 Å². The summed E-state index contributed by atoms with van der Waals surface area (Å²) in [6, 6.07) is 2.19. The molecule has 1 fully saturated rings. The highest BCUT2D eigenvalue weighted by atomic mass is 32.1. The predicted octanol–water partition coefficient (Wildman–Crippen LogP) is 1.05. The molecule has 1 aromatic heterocycles. The van der Waals surface area contributed by atoms with Gasteiger partial charge in [0.2, 0.25) is 0 Å². The van der Waals surface area contributed by atoms with E-state index in [1.807, 2.05) is 6.07 Å². The maximum absolute atomic E-state index is 5.85. The van der Waals surface area contributed by atoms with E-state index in [9.17, 15) is 0 Å². The van der Waals surface area contributed by atoms with Crippen molar-refractivity contribution in [3.63, 3.8) is 0 Å². The summed E-state index contributed by atoms with van der Waals surface area (Å²) < 4.78 is 0. The summed E-state index contributed by atoms with van der Waals surface area (Å²) in [5.74, 6) is 0.997. The van der Waals surface area contributed by atoms with Crippen molar-refractivity contribution in [2.75, 3.05) is 31.1 Å². The van der Waals surface area contributed by atoms with Gasteiger partial charge in [0.05, 0.1) is 11.0 Å². The summed E-state index contributed by atoms with van der Waals surface area (Å²) in [5, 5.41) is 0. The minimum absolute atomic E-state index is 0.243. The van der Waals surface area contributed by atoms with E-state index in [4.69, 9.17) is 18.0 Å². The molecule has 0 amide bonds. The summed E-state index contributed by atoms with van der Waals surface area (Å²) in [4.78, 5) is 13.5.